The highest BCUT2D eigenvalue weighted by atomic mass is 16.1. The molecule has 4 heteroatoms. The van der Waals surface area contributed by atoms with Gasteiger partial charge in [-0.1, -0.05) is 24.3 Å². The van der Waals surface area contributed by atoms with Crippen LogP contribution in [0.5, 0.6) is 0 Å². The van der Waals surface area contributed by atoms with Crippen molar-refractivity contribution < 1.29 is 0 Å². The third-order valence-electron chi connectivity index (χ3n) is 4.03. The molecule has 2 heterocycles. The lowest BCUT2D eigenvalue weighted by Crippen LogP contribution is -2.08. The first-order valence-corrected chi connectivity index (χ1v) is 7.46. The Bertz CT molecular complexity index is 1080. The van der Waals surface area contributed by atoms with E-state index in [2.05, 4.69) is 16.0 Å². The minimum Gasteiger partial charge on any atom is -0.357 e. The van der Waals surface area contributed by atoms with Gasteiger partial charge in [-0.15, -0.1) is 0 Å². The second kappa shape index (κ2) is 5.34. The summed E-state index contributed by atoms with van der Waals surface area (Å²) in [6, 6.07) is 17.4. The highest BCUT2D eigenvalue weighted by Gasteiger charge is 2.06. The molecular formula is C19H15N3O. The summed E-state index contributed by atoms with van der Waals surface area (Å²) in [5.41, 5.74) is 10.1. The van der Waals surface area contributed by atoms with Crippen LogP contribution < -0.4 is 11.2 Å². The molecule has 0 unspecified atom stereocenters. The lowest BCUT2D eigenvalue weighted by Gasteiger charge is -2.06. The first kappa shape index (κ1) is 13.7. The van der Waals surface area contributed by atoms with E-state index in [1.165, 1.54) is 0 Å². The largest absolute Gasteiger partial charge is 0.357 e. The summed E-state index contributed by atoms with van der Waals surface area (Å²) in [6.07, 6.45) is 1.84. The van der Waals surface area contributed by atoms with Crippen molar-refractivity contribution in [3.63, 3.8) is 0 Å². The van der Waals surface area contributed by atoms with Crippen molar-refractivity contribution >= 4 is 21.8 Å². The molecule has 0 amide bonds. The van der Waals surface area contributed by atoms with Gasteiger partial charge in [-0.25, -0.2) is 0 Å². The Morgan fingerprint density at radius 2 is 1.87 bits per heavy atom. The molecule has 0 saturated carbocycles. The van der Waals surface area contributed by atoms with Crippen LogP contribution in [0.3, 0.4) is 0 Å². The van der Waals surface area contributed by atoms with Gasteiger partial charge in [-0.2, -0.15) is 0 Å². The molecule has 2 aromatic heterocycles. The minimum atomic E-state index is -0.0187. The summed E-state index contributed by atoms with van der Waals surface area (Å²) in [7, 11) is 0. The maximum absolute atomic E-state index is 12.3. The molecule has 2 aromatic carbocycles. The first-order chi connectivity index (χ1) is 11.2. The SMILES string of the molecule is NCc1cc(=O)c2cc(-c3cnc4ccccc4c3)ccc2[nH]1. The number of para-hydroxylation sites is 1. The van der Waals surface area contributed by atoms with E-state index in [0.717, 1.165) is 33.2 Å². The summed E-state index contributed by atoms with van der Waals surface area (Å²) in [4.78, 5) is 19.9. The average Bonchev–Trinajstić information content (AvgIpc) is 2.61. The van der Waals surface area contributed by atoms with Gasteiger partial charge in [-0.05, 0) is 29.8 Å². The number of nitrogens with zero attached hydrogens (tertiary/aromatic N) is 1. The third kappa shape index (κ3) is 2.39. The van der Waals surface area contributed by atoms with E-state index in [-0.39, 0.29) is 5.43 Å². The molecule has 4 rings (SSSR count). The van der Waals surface area contributed by atoms with E-state index in [4.69, 9.17) is 5.73 Å². The van der Waals surface area contributed by atoms with Crippen LogP contribution in [0.2, 0.25) is 0 Å². The fraction of sp³-hybridized carbons (Fsp3) is 0.0526. The zero-order valence-corrected chi connectivity index (χ0v) is 12.4. The van der Waals surface area contributed by atoms with Crippen molar-refractivity contribution in [1.29, 1.82) is 0 Å². The second-order valence-corrected chi connectivity index (χ2v) is 5.54. The molecule has 0 spiro atoms. The van der Waals surface area contributed by atoms with Crippen molar-refractivity contribution in [3.05, 3.63) is 76.7 Å². The van der Waals surface area contributed by atoms with Gasteiger partial charge >= 0.3 is 0 Å². The van der Waals surface area contributed by atoms with Crippen molar-refractivity contribution in [2.45, 2.75) is 6.54 Å². The Kier molecular flexibility index (Phi) is 3.17. The number of hydrogen-bond donors (Lipinski definition) is 2. The molecule has 0 aliphatic heterocycles. The van der Waals surface area contributed by atoms with Crippen molar-refractivity contribution in [2.24, 2.45) is 5.73 Å². The van der Waals surface area contributed by atoms with Gasteiger partial charge in [0, 0.05) is 46.4 Å². The molecule has 3 N–H and O–H groups in total. The van der Waals surface area contributed by atoms with Gasteiger partial charge in [0.15, 0.2) is 5.43 Å². The van der Waals surface area contributed by atoms with Crippen molar-refractivity contribution in [3.8, 4) is 11.1 Å². The molecule has 0 saturated heterocycles. The summed E-state index contributed by atoms with van der Waals surface area (Å²) < 4.78 is 0. The van der Waals surface area contributed by atoms with Crippen LogP contribution in [0, 0.1) is 0 Å². The highest BCUT2D eigenvalue weighted by Crippen LogP contribution is 2.24. The van der Waals surface area contributed by atoms with Crippen LogP contribution in [0.1, 0.15) is 5.69 Å². The minimum absolute atomic E-state index is 0.0187. The smallest absolute Gasteiger partial charge is 0.189 e. The number of hydrogen-bond acceptors (Lipinski definition) is 3. The molecule has 112 valence electrons. The first-order valence-electron chi connectivity index (χ1n) is 7.46. The van der Waals surface area contributed by atoms with Crippen LogP contribution in [0.25, 0.3) is 32.9 Å². The Morgan fingerprint density at radius 1 is 1.00 bits per heavy atom. The maximum Gasteiger partial charge on any atom is 0.189 e. The predicted molar refractivity (Wildman–Crippen MR) is 93.2 cm³/mol. The Labute approximate surface area is 132 Å². The van der Waals surface area contributed by atoms with Gasteiger partial charge in [0.1, 0.15) is 0 Å². The third-order valence-corrected chi connectivity index (χ3v) is 4.03. The number of H-pyrrole nitrogens is 1. The molecule has 0 fully saturated rings. The van der Waals surface area contributed by atoms with Gasteiger partial charge < -0.3 is 10.7 Å². The zero-order valence-electron chi connectivity index (χ0n) is 12.4. The van der Waals surface area contributed by atoms with E-state index in [1.807, 2.05) is 48.7 Å². The number of rotatable bonds is 2. The summed E-state index contributed by atoms with van der Waals surface area (Å²) >= 11 is 0. The lowest BCUT2D eigenvalue weighted by atomic mass is 10.0. The standard InChI is InChI=1S/C19H15N3O/c20-10-15-9-19(23)16-8-12(5-6-18(16)22-15)14-7-13-3-1-2-4-17(13)21-11-14/h1-9,11H,10,20H2,(H,22,23). The van der Waals surface area contributed by atoms with Crippen LogP contribution in [-0.2, 0) is 6.54 Å². The van der Waals surface area contributed by atoms with Crippen LogP contribution in [-0.4, -0.2) is 9.97 Å². The molecule has 0 radical (unpaired) electrons. The van der Waals surface area contributed by atoms with E-state index in [9.17, 15) is 4.79 Å². The molecule has 4 aromatic rings. The number of aromatic nitrogens is 2. The van der Waals surface area contributed by atoms with Gasteiger partial charge in [0.25, 0.3) is 0 Å². The Balaban J connectivity index is 1.90. The normalized spacial score (nSPS) is 11.2. The van der Waals surface area contributed by atoms with Crippen LogP contribution in [0.4, 0.5) is 0 Å². The van der Waals surface area contributed by atoms with Crippen LogP contribution >= 0.6 is 0 Å². The summed E-state index contributed by atoms with van der Waals surface area (Å²) in [5, 5.41) is 1.74. The van der Waals surface area contributed by atoms with Crippen LogP contribution in [0.15, 0.2) is 65.6 Å². The molecule has 0 aliphatic rings. The zero-order chi connectivity index (χ0) is 15.8. The van der Waals surface area contributed by atoms with E-state index >= 15 is 0 Å². The highest BCUT2D eigenvalue weighted by molar-refractivity contribution is 5.88. The molecule has 4 nitrogen and oxygen atoms in total. The summed E-state index contributed by atoms with van der Waals surface area (Å²) in [6.45, 7) is 0.321. The summed E-state index contributed by atoms with van der Waals surface area (Å²) in [5.74, 6) is 0. The Morgan fingerprint density at radius 3 is 2.74 bits per heavy atom. The second-order valence-electron chi connectivity index (χ2n) is 5.54. The fourth-order valence-corrected chi connectivity index (χ4v) is 2.82. The molecule has 0 bridgehead atoms. The number of aromatic amines is 1. The van der Waals surface area contributed by atoms with E-state index < -0.39 is 0 Å². The number of nitrogens with two attached hydrogens (primary N) is 1. The van der Waals surface area contributed by atoms with Crippen molar-refractivity contribution in [2.75, 3.05) is 0 Å². The monoisotopic (exact) mass is 301 g/mol. The van der Waals surface area contributed by atoms with Gasteiger partial charge in [0.05, 0.1) is 5.52 Å². The number of nitrogens with one attached hydrogen (secondary N) is 1. The maximum atomic E-state index is 12.3. The fourth-order valence-electron chi connectivity index (χ4n) is 2.82. The lowest BCUT2D eigenvalue weighted by molar-refractivity contribution is 1.00. The molecule has 0 aliphatic carbocycles. The Hall–Kier alpha value is -2.98. The number of pyridine rings is 2. The van der Waals surface area contributed by atoms with E-state index in [0.29, 0.717) is 11.9 Å². The molecular weight excluding hydrogens is 286 g/mol. The number of fused-ring (bicyclic) bond motifs is 2. The topological polar surface area (TPSA) is 71.8 Å². The van der Waals surface area contributed by atoms with E-state index in [1.54, 1.807) is 6.07 Å². The predicted octanol–water partition coefficient (Wildman–Crippen LogP) is 3.20. The molecule has 23 heavy (non-hydrogen) atoms. The van der Waals surface area contributed by atoms with Crippen molar-refractivity contribution in [1.82, 2.24) is 9.97 Å². The number of benzene rings is 2. The van der Waals surface area contributed by atoms with Gasteiger partial charge in [0.2, 0.25) is 0 Å². The quantitative estimate of drug-likeness (QED) is 0.597. The average molecular weight is 301 g/mol. The molecule has 0 atom stereocenters. The van der Waals surface area contributed by atoms with Gasteiger partial charge in [-0.3, -0.25) is 9.78 Å².